The van der Waals surface area contributed by atoms with Gasteiger partial charge in [0.1, 0.15) is 5.75 Å². The van der Waals surface area contributed by atoms with Crippen molar-refractivity contribution in [3.8, 4) is 5.75 Å². The third-order valence-electron chi connectivity index (χ3n) is 5.65. The van der Waals surface area contributed by atoms with Crippen LogP contribution < -0.4 is 15.4 Å². The van der Waals surface area contributed by atoms with Crippen LogP contribution in [0.4, 0.5) is 11.4 Å². The van der Waals surface area contributed by atoms with Crippen LogP contribution in [0.15, 0.2) is 53.4 Å². The van der Waals surface area contributed by atoms with E-state index in [4.69, 9.17) is 4.74 Å². The molecule has 0 bridgehead atoms. The van der Waals surface area contributed by atoms with E-state index in [1.54, 1.807) is 6.07 Å². The molecule has 164 valence electrons. The van der Waals surface area contributed by atoms with E-state index in [0.717, 1.165) is 5.69 Å². The van der Waals surface area contributed by atoms with Gasteiger partial charge in [-0.05, 0) is 49.6 Å². The van der Waals surface area contributed by atoms with E-state index in [1.165, 1.54) is 16.4 Å². The van der Waals surface area contributed by atoms with Crippen LogP contribution in [0.3, 0.4) is 0 Å². The predicted octanol–water partition coefficient (Wildman–Crippen LogP) is 2.84. The summed E-state index contributed by atoms with van der Waals surface area (Å²) in [6, 6.07) is 13.7. The molecule has 2 heterocycles. The zero-order valence-corrected chi connectivity index (χ0v) is 18.0. The summed E-state index contributed by atoms with van der Waals surface area (Å²) >= 11 is 0. The number of sulfonamides is 1. The molecule has 0 aromatic heterocycles. The number of benzene rings is 2. The SMILES string of the molecule is CC[C@H]1Oc2ccc(S(=O)(=O)N3CCC(C(=O)Nc4ccccc4)CC3)cc2NC1=O. The van der Waals surface area contributed by atoms with Crippen LogP contribution in [0.5, 0.6) is 5.75 Å². The summed E-state index contributed by atoms with van der Waals surface area (Å²) in [4.78, 5) is 24.6. The van der Waals surface area contributed by atoms with Gasteiger partial charge in [0.2, 0.25) is 15.9 Å². The van der Waals surface area contributed by atoms with Crippen molar-refractivity contribution in [2.45, 2.75) is 37.2 Å². The van der Waals surface area contributed by atoms with Gasteiger partial charge in [0.15, 0.2) is 6.10 Å². The van der Waals surface area contributed by atoms with Gasteiger partial charge in [-0.15, -0.1) is 0 Å². The molecule has 8 nitrogen and oxygen atoms in total. The standard InChI is InChI=1S/C22H25N3O5S/c1-2-19-22(27)24-18-14-17(8-9-20(18)30-19)31(28,29)25-12-10-15(11-13-25)21(26)23-16-6-4-3-5-7-16/h3-9,14-15,19H,2,10-13H2,1H3,(H,23,26)(H,24,27)/t19-/m1/s1. The zero-order chi connectivity index (χ0) is 22.0. The van der Waals surface area contributed by atoms with Gasteiger partial charge in [0.05, 0.1) is 10.6 Å². The van der Waals surface area contributed by atoms with Gasteiger partial charge in [-0.1, -0.05) is 25.1 Å². The molecule has 2 N–H and O–H groups in total. The van der Waals surface area contributed by atoms with Crippen molar-refractivity contribution in [3.63, 3.8) is 0 Å². The molecule has 0 unspecified atom stereocenters. The first kappa shape index (κ1) is 21.3. The summed E-state index contributed by atoms with van der Waals surface area (Å²) < 4.78 is 33.2. The van der Waals surface area contributed by atoms with E-state index in [2.05, 4.69) is 10.6 Å². The Morgan fingerprint density at radius 3 is 2.55 bits per heavy atom. The molecule has 1 fully saturated rings. The van der Waals surface area contributed by atoms with Crippen LogP contribution in [0.1, 0.15) is 26.2 Å². The summed E-state index contributed by atoms with van der Waals surface area (Å²) in [6.07, 6.45) is 0.843. The number of nitrogens with zero attached hydrogens (tertiary/aromatic N) is 1. The van der Waals surface area contributed by atoms with Crippen LogP contribution in [-0.4, -0.2) is 43.7 Å². The number of para-hydroxylation sites is 1. The first-order valence-corrected chi connectivity index (χ1v) is 11.8. The van der Waals surface area contributed by atoms with Gasteiger partial charge in [-0.2, -0.15) is 4.31 Å². The molecular weight excluding hydrogens is 418 g/mol. The zero-order valence-electron chi connectivity index (χ0n) is 17.2. The second kappa shape index (κ2) is 8.68. The second-order valence-electron chi connectivity index (χ2n) is 7.70. The molecule has 0 aliphatic carbocycles. The number of nitrogens with one attached hydrogen (secondary N) is 2. The summed E-state index contributed by atoms with van der Waals surface area (Å²) in [7, 11) is -3.75. The Labute approximate surface area is 181 Å². The Kier molecular flexibility index (Phi) is 5.97. The monoisotopic (exact) mass is 443 g/mol. The summed E-state index contributed by atoms with van der Waals surface area (Å²) in [6.45, 7) is 2.36. The largest absolute Gasteiger partial charge is 0.478 e. The van der Waals surface area contributed by atoms with Crippen molar-refractivity contribution in [2.24, 2.45) is 5.92 Å². The molecule has 2 aromatic carbocycles. The van der Waals surface area contributed by atoms with Gasteiger partial charge in [-0.3, -0.25) is 9.59 Å². The lowest BCUT2D eigenvalue weighted by atomic mass is 9.97. The molecule has 31 heavy (non-hydrogen) atoms. The highest BCUT2D eigenvalue weighted by molar-refractivity contribution is 7.89. The van der Waals surface area contributed by atoms with Crippen molar-refractivity contribution in [3.05, 3.63) is 48.5 Å². The minimum Gasteiger partial charge on any atom is -0.478 e. The number of piperidine rings is 1. The molecule has 2 aliphatic rings. The van der Waals surface area contributed by atoms with E-state index in [-0.39, 0.29) is 35.7 Å². The highest BCUT2D eigenvalue weighted by atomic mass is 32.2. The first-order valence-electron chi connectivity index (χ1n) is 10.4. The lowest BCUT2D eigenvalue weighted by Crippen LogP contribution is -2.41. The minimum atomic E-state index is -3.75. The fourth-order valence-electron chi connectivity index (χ4n) is 3.83. The maximum Gasteiger partial charge on any atom is 0.265 e. The van der Waals surface area contributed by atoms with Gasteiger partial charge in [0.25, 0.3) is 5.91 Å². The maximum atomic E-state index is 13.1. The highest BCUT2D eigenvalue weighted by Crippen LogP contribution is 2.34. The van der Waals surface area contributed by atoms with E-state index in [9.17, 15) is 18.0 Å². The van der Waals surface area contributed by atoms with Crippen LogP contribution >= 0.6 is 0 Å². The fourth-order valence-corrected chi connectivity index (χ4v) is 5.33. The van der Waals surface area contributed by atoms with Gasteiger partial charge in [0, 0.05) is 24.7 Å². The summed E-state index contributed by atoms with van der Waals surface area (Å²) in [5.74, 6) is -0.160. The highest BCUT2D eigenvalue weighted by Gasteiger charge is 2.33. The average molecular weight is 444 g/mol. The van der Waals surface area contributed by atoms with Crippen molar-refractivity contribution < 1.29 is 22.7 Å². The van der Waals surface area contributed by atoms with Gasteiger partial charge in [-0.25, -0.2) is 8.42 Å². The molecule has 2 amide bonds. The molecule has 0 saturated carbocycles. The number of hydrogen-bond donors (Lipinski definition) is 2. The van der Waals surface area contributed by atoms with Gasteiger partial charge >= 0.3 is 0 Å². The molecular formula is C22H25N3O5S. The minimum absolute atomic E-state index is 0.0947. The van der Waals surface area contributed by atoms with E-state index in [0.29, 0.717) is 30.7 Å². The Balaban J connectivity index is 1.42. The van der Waals surface area contributed by atoms with E-state index in [1.807, 2.05) is 37.3 Å². The molecule has 4 rings (SSSR count). The van der Waals surface area contributed by atoms with E-state index < -0.39 is 16.1 Å². The Morgan fingerprint density at radius 2 is 1.87 bits per heavy atom. The molecule has 9 heteroatoms. The lowest BCUT2D eigenvalue weighted by Gasteiger charge is -2.31. The number of carbonyl (C=O) groups excluding carboxylic acids is 2. The number of ether oxygens (including phenoxy) is 1. The number of anilines is 2. The Morgan fingerprint density at radius 1 is 1.16 bits per heavy atom. The van der Waals surface area contributed by atoms with Crippen LogP contribution in [-0.2, 0) is 19.6 Å². The Bertz CT molecular complexity index is 1080. The van der Waals surface area contributed by atoms with Crippen LogP contribution in [0, 0.1) is 5.92 Å². The first-order chi connectivity index (χ1) is 14.9. The molecule has 1 saturated heterocycles. The predicted molar refractivity (Wildman–Crippen MR) is 116 cm³/mol. The average Bonchev–Trinajstić information content (AvgIpc) is 2.79. The van der Waals surface area contributed by atoms with E-state index >= 15 is 0 Å². The smallest absolute Gasteiger partial charge is 0.265 e. The third-order valence-corrected chi connectivity index (χ3v) is 7.54. The molecule has 2 aromatic rings. The second-order valence-corrected chi connectivity index (χ2v) is 9.63. The van der Waals surface area contributed by atoms with Crippen molar-refractivity contribution in [1.82, 2.24) is 4.31 Å². The third kappa shape index (κ3) is 4.42. The quantitative estimate of drug-likeness (QED) is 0.739. The van der Waals surface area contributed by atoms with Crippen LogP contribution in [0.2, 0.25) is 0 Å². The molecule has 2 aliphatic heterocycles. The van der Waals surface area contributed by atoms with Crippen molar-refractivity contribution in [2.75, 3.05) is 23.7 Å². The van der Waals surface area contributed by atoms with Gasteiger partial charge < -0.3 is 15.4 Å². The maximum absolute atomic E-state index is 13.1. The molecule has 0 radical (unpaired) electrons. The number of hydrogen-bond acceptors (Lipinski definition) is 5. The number of carbonyl (C=O) groups is 2. The lowest BCUT2D eigenvalue weighted by molar-refractivity contribution is -0.123. The number of rotatable bonds is 5. The summed E-state index contributed by atoms with van der Waals surface area (Å²) in [5.41, 5.74) is 1.08. The normalized spacial score (nSPS) is 19.8. The van der Waals surface area contributed by atoms with Crippen molar-refractivity contribution in [1.29, 1.82) is 0 Å². The van der Waals surface area contributed by atoms with Crippen molar-refractivity contribution >= 4 is 33.2 Å². The summed E-state index contributed by atoms with van der Waals surface area (Å²) in [5, 5.41) is 5.60. The topological polar surface area (TPSA) is 105 Å². The Hall–Kier alpha value is -2.91. The fraction of sp³-hybridized carbons (Fsp3) is 0.364. The van der Waals surface area contributed by atoms with Crippen LogP contribution in [0.25, 0.3) is 0 Å². The number of amides is 2. The molecule has 1 atom stereocenters. The molecule has 0 spiro atoms. The number of fused-ring (bicyclic) bond motifs is 1.